The van der Waals surface area contributed by atoms with Crippen LogP contribution in [-0.4, -0.2) is 105 Å². The summed E-state index contributed by atoms with van der Waals surface area (Å²) in [7, 11) is -1.02. The van der Waals surface area contributed by atoms with Crippen LogP contribution in [0.5, 0.6) is 5.75 Å². The summed E-state index contributed by atoms with van der Waals surface area (Å²) in [4.78, 5) is 27.1. The Balaban J connectivity index is 1.54. The highest BCUT2D eigenvalue weighted by molar-refractivity contribution is 6.76. The second kappa shape index (κ2) is 16.7. The molecule has 2 bridgehead atoms. The molecule has 0 radical (unpaired) electrons. The molecule has 0 N–H and O–H groups in total. The van der Waals surface area contributed by atoms with E-state index in [0.717, 1.165) is 60.4 Å². The third kappa shape index (κ3) is 10.7. The van der Waals surface area contributed by atoms with Crippen LogP contribution in [-0.2, 0) is 18.9 Å². The van der Waals surface area contributed by atoms with E-state index in [1.54, 1.807) is 13.3 Å². The highest BCUT2D eigenvalue weighted by Gasteiger charge is 2.45. The molecule has 3 atom stereocenters. The lowest BCUT2D eigenvalue weighted by Gasteiger charge is -2.39. The molecule has 0 aliphatic carbocycles. The number of methoxy groups -OCH3 is 1. The Labute approximate surface area is 316 Å². The lowest BCUT2D eigenvalue weighted by molar-refractivity contribution is 0.00568. The zero-order valence-corrected chi connectivity index (χ0v) is 35.6. The Morgan fingerprint density at radius 1 is 0.962 bits per heavy atom. The van der Waals surface area contributed by atoms with Crippen molar-refractivity contribution in [2.75, 3.05) is 45.5 Å². The number of hydrogen-bond donors (Lipinski definition) is 0. The summed E-state index contributed by atoms with van der Waals surface area (Å²) in [5, 5.41) is 5.13. The minimum Gasteiger partial charge on any atom is -0.464 e. The van der Waals surface area contributed by atoms with Gasteiger partial charge >= 0.3 is 6.09 Å². The standard InChI is InChI=1S/C37H59ClN6O6Si2/c1-37(2,3)50-36(45)43-28-11-12-29(43)18-26(17-28)31-20-33(42(23-47-13-15-51(5,6)7)24-48-14-16-52(8,9)10)44-35(41-31)30(22-40-44)27-19-32(49-25-46-4)34(38)39-21-27/h19-22,26,28-29H,11-18,23-25H2,1-10H3/t26?,28-,29?/m1/s1. The molecule has 0 spiro atoms. The van der Waals surface area contributed by atoms with E-state index in [0.29, 0.717) is 38.1 Å². The number of ether oxygens (including phenoxy) is 5. The van der Waals surface area contributed by atoms with Gasteiger partial charge in [0, 0.05) is 83.6 Å². The number of pyridine rings is 1. The van der Waals surface area contributed by atoms with Gasteiger partial charge < -0.3 is 33.5 Å². The summed E-state index contributed by atoms with van der Waals surface area (Å²) in [6.45, 7) is 22.0. The number of carbonyl (C=O) groups excluding carboxylic acids is 1. The SMILES string of the molecule is COCOc1cc(-c2cnn3c(N(COCC[Si](C)(C)C)COCC[Si](C)(C)C)cc(C4CC5CC[C@H](C4)N5C(=O)OC(C)(C)C)nc23)cnc1Cl. The smallest absolute Gasteiger partial charge is 0.410 e. The van der Waals surface area contributed by atoms with Crippen molar-refractivity contribution in [2.24, 2.45) is 0 Å². The predicted octanol–water partition coefficient (Wildman–Crippen LogP) is 8.50. The van der Waals surface area contributed by atoms with Gasteiger partial charge in [0.1, 0.15) is 24.9 Å². The van der Waals surface area contributed by atoms with Gasteiger partial charge in [-0.15, -0.1) is 0 Å². The van der Waals surface area contributed by atoms with Gasteiger partial charge in [0.05, 0.1) is 6.20 Å². The third-order valence-corrected chi connectivity index (χ3v) is 13.2. The fourth-order valence-electron chi connectivity index (χ4n) is 6.71. The van der Waals surface area contributed by atoms with Crippen molar-refractivity contribution in [2.45, 2.75) is 121 Å². The van der Waals surface area contributed by atoms with E-state index in [1.807, 2.05) is 42.4 Å². The lowest BCUT2D eigenvalue weighted by atomic mass is 9.88. The first-order chi connectivity index (χ1) is 24.4. The minimum absolute atomic E-state index is 0.0425. The van der Waals surface area contributed by atoms with Crippen molar-refractivity contribution in [1.82, 2.24) is 24.5 Å². The third-order valence-electron chi connectivity index (χ3n) is 9.49. The maximum absolute atomic E-state index is 13.3. The zero-order chi connectivity index (χ0) is 37.8. The Morgan fingerprint density at radius 2 is 1.58 bits per heavy atom. The molecule has 15 heteroatoms. The van der Waals surface area contributed by atoms with E-state index in [4.69, 9.17) is 45.4 Å². The van der Waals surface area contributed by atoms with Gasteiger partial charge in [-0.05, 0) is 64.6 Å². The van der Waals surface area contributed by atoms with Crippen molar-refractivity contribution >= 4 is 45.3 Å². The number of hydrogen-bond acceptors (Lipinski definition) is 10. The molecule has 2 fully saturated rings. The van der Waals surface area contributed by atoms with E-state index < -0.39 is 21.7 Å². The molecule has 5 heterocycles. The van der Waals surface area contributed by atoms with Gasteiger partial charge in [0.25, 0.3) is 0 Å². The van der Waals surface area contributed by atoms with Crippen LogP contribution < -0.4 is 9.64 Å². The molecule has 1 amide bonds. The number of nitrogens with zero attached hydrogens (tertiary/aromatic N) is 6. The number of carbonyl (C=O) groups is 1. The summed E-state index contributed by atoms with van der Waals surface area (Å²) in [5.41, 5.74) is 2.66. The molecule has 12 nitrogen and oxygen atoms in total. The lowest BCUT2D eigenvalue weighted by Crippen LogP contribution is -2.48. The second-order valence-electron chi connectivity index (χ2n) is 17.6. The van der Waals surface area contributed by atoms with Crippen LogP contribution in [0.15, 0.2) is 24.5 Å². The second-order valence-corrected chi connectivity index (χ2v) is 29.2. The highest BCUT2D eigenvalue weighted by Crippen LogP contribution is 2.44. The number of amides is 1. The molecule has 2 saturated heterocycles. The molecule has 2 aliphatic heterocycles. The van der Waals surface area contributed by atoms with Crippen molar-refractivity contribution in [3.05, 3.63) is 35.4 Å². The molecule has 52 heavy (non-hydrogen) atoms. The topological polar surface area (TPSA) is 113 Å². The molecular formula is C37H59ClN6O6Si2. The maximum Gasteiger partial charge on any atom is 0.410 e. The van der Waals surface area contributed by atoms with Crippen molar-refractivity contribution in [1.29, 1.82) is 0 Å². The molecule has 2 aliphatic rings. The Kier molecular flexibility index (Phi) is 13.0. The molecule has 288 valence electrons. The maximum atomic E-state index is 13.3. The Morgan fingerprint density at radius 3 is 2.13 bits per heavy atom. The first kappa shape index (κ1) is 40.4. The molecule has 3 aromatic heterocycles. The van der Waals surface area contributed by atoms with Gasteiger partial charge in [-0.3, -0.25) is 0 Å². The van der Waals surface area contributed by atoms with Crippen molar-refractivity contribution in [3.8, 4) is 16.9 Å². The fraction of sp³-hybridized carbons (Fsp3) is 0.676. The molecule has 2 unspecified atom stereocenters. The molecular weight excluding hydrogens is 716 g/mol. The van der Waals surface area contributed by atoms with Gasteiger partial charge in [-0.1, -0.05) is 50.9 Å². The van der Waals surface area contributed by atoms with Crippen LogP contribution in [0.2, 0.25) is 56.5 Å². The van der Waals surface area contributed by atoms with Crippen LogP contribution in [0.25, 0.3) is 16.8 Å². The average molecular weight is 776 g/mol. The Bertz CT molecular complexity index is 1640. The normalized spacial score (nSPS) is 19.4. The molecule has 3 aromatic rings. The summed E-state index contributed by atoms with van der Waals surface area (Å²) in [5.74, 6) is 1.39. The Hall–Kier alpha value is -2.76. The molecule has 0 aromatic carbocycles. The van der Waals surface area contributed by atoms with Crippen LogP contribution in [0.3, 0.4) is 0 Å². The average Bonchev–Trinajstić information content (AvgIpc) is 3.59. The van der Waals surface area contributed by atoms with Gasteiger partial charge in [-0.2, -0.15) is 9.61 Å². The van der Waals surface area contributed by atoms with Crippen LogP contribution in [0.1, 0.15) is 58.1 Å². The summed E-state index contributed by atoms with van der Waals surface area (Å²) in [6, 6.07) is 6.31. The van der Waals surface area contributed by atoms with Crippen molar-refractivity contribution < 1.29 is 28.5 Å². The van der Waals surface area contributed by atoms with E-state index in [-0.39, 0.29) is 36.0 Å². The number of fused-ring (bicyclic) bond motifs is 3. The van der Waals surface area contributed by atoms with E-state index in [1.165, 1.54) is 0 Å². The van der Waals surface area contributed by atoms with E-state index in [9.17, 15) is 4.79 Å². The van der Waals surface area contributed by atoms with Crippen molar-refractivity contribution in [3.63, 3.8) is 0 Å². The van der Waals surface area contributed by atoms with Crippen LogP contribution in [0, 0.1) is 0 Å². The molecule has 5 rings (SSSR count). The van der Waals surface area contributed by atoms with Gasteiger partial charge in [0.15, 0.2) is 23.3 Å². The fourth-order valence-corrected chi connectivity index (χ4v) is 8.38. The largest absolute Gasteiger partial charge is 0.464 e. The molecule has 0 saturated carbocycles. The number of rotatable bonds is 16. The summed E-state index contributed by atoms with van der Waals surface area (Å²) >= 11 is 6.39. The van der Waals surface area contributed by atoms with Crippen LogP contribution >= 0.6 is 11.6 Å². The minimum atomic E-state index is -1.29. The summed E-state index contributed by atoms with van der Waals surface area (Å²) < 4.78 is 31.3. The van der Waals surface area contributed by atoms with Crippen LogP contribution in [0.4, 0.5) is 10.6 Å². The van der Waals surface area contributed by atoms with E-state index in [2.05, 4.69) is 55.2 Å². The monoisotopic (exact) mass is 774 g/mol. The predicted molar refractivity (Wildman–Crippen MR) is 211 cm³/mol. The van der Waals surface area contributed by atoms with Gasteiger partial charge in [-0.25, -0.2) is 14.8 Å². The quantitative estimate of drug-likeness (QED) is 0.0608. The summed E-state index contributed by atoms with van der Waals surface area (Å²) in [6.07, 6.45) is 6.82. The first-order valence-corrected chi connectivity index (χ1v) is 26.3. The van der Waals surface area contributed by atoms with Gasteiger partial charge in [0.2, 0.25) is 0 Å². The number of piperidine rings is 1. The number of anilines is 1. The zero-order valence-electron chi connectivity index (χ0n) is 32.8. The number of aromatic nitrogens is 4. The number of halogens is 1. The first-order valence-electron chi connectivity index (χ1n) is 18.5. The highest BCUT2D eigenvalue weighted by atomic mass is 35.5. The van der Waals surface area contributed by atoms with E-state index >= 15 is 0 Å².